The number of nitrogens with zero attached hydrogens (tertiary/aromatic N) is 3. The average molecular weight is 461 g/mol. The van der Waals surface area contributed by atoms with Crippen LogP contribution in [0.4, 0.5) is 0 Å². The predicted molar refractivity (Wildman–Crippen MR) is 110 cm³/mol. The van der Waals surface area contributed by atoms with Crippen molar-refractivity contribution in [2.75, 3.05) is 46.4 Å². The van der Waals surface area contributed by atoms with E-state index in [1.807, 2.05) is 0 Å². The van der Waals surface area contributed by atoms with Crippen molar-refractivity contribution in [2.24, 2.45) is 10.9 Å². The Bertz CT molecular complexity index is 541. The molecule has 7 nitrogen and oxygen atoms in total. The standard InChI is InChI=1S/C17H27N5O2.HI/c1-3-19-17(22-10-6-14(12-22)13-24-2)21-9-8-20-16(23)15-5-4-7-18-11-15;/h4-5,7,11,14H,3,6,8-10,12-13H2,1-2H3,(H,19,21)(H,20,23);1H. The number of halogens is 1. The Hall–Kier alpha value is -1.42. The molecule has 0 bridgehead atoms. The van der Waals surface area contributed by atoms with Gasteiger partial charge in [-0.05, 0) is 25.5 Å². The summed E-state index contributed by atoms with van der Waals surface area (Å²) in [6, 6.07) is 3.50. The molecule has 1 aliphatic heterocycles. The summed E-state index contributed by atoms with van der Waals surface area (Å²) in [6.45, 7) is 6.66. The number of pyridine rings is 1. The summed E-state index contributed by atoms with van der Waals surface area (Å²) in [5.41, 5.74) is 0.565. The van der Waals surface area contributed by atoms with Gasteiger partial charge in [-0.2, -0.15) is 0 Å². The summed E-state index contributed by atoms with van der Waals surface area (Å²) in [5.74, 6) is 1.35. The molecule has 1 fully saturated rings. The lowest BCUT2D eigenvalue weighted by Gasteiger charge is -2.21. The molecule has 0 radical (unpaired) electrons. The Labute approximate surface area is 166 Å². The van der Waals surface area contributed by atoms with E-state index in [1.165, 1.54) is 0 Å². The minimum absolute atomic E-state index is 0. The lowest BCUT2D eigenvalue weighted by Crippen LogP contribution is -2.40. The SMILES string of the molecule is CCNC(=NCCNC(=O)c1cccnc1)N1CCC(COC)C1.I. The van der Waals surface area contributed by atoms with Gasteiger partial charge in [-0.15, -0.1) is 24.0 Å². The topological polar surface area (TPSA) is 78.8 Å². The quantitative estimate of drug-likeness (QED) is 0.278. The van der Waals surface area contributed by atoms with Gasteiger partial charge >= 0.3 is 0 Å². The number of hydrogen-bond donors (Lipinski definition) is 2. The number of guanidine groups is 1. The number of carbonyl (C=O) groups excluding carboxylic acids is 1. The molecule has 1 atom stereocenters. The van der Waals surface area contributed by atoms with Crippen molar-refractivity contribution in [1.29, 1.82) is 0 Å². The van der Waals surface area contributed by atoms with Gasteiger partial charge in [0.05, 0.1) is 18.7 Å². The van der Waals surface area contributed by atoms with Gasteiger partial charge in [-0.25, -0.2) is 0 Å². The molecule has 0 spiro atoms. The molecule has 1 saturated heterocycles. The monoisotopic (exact) mass is 461 g/mol. The van der Waals surface area contributed by atoms with Crippen molar-refractivity contribution in [2.45, 2.75) is 13.3 Å². The van der Waals surface area contributed by atoms with Crippen molar-refractivity contribution in [1.82, 2.24) is 20.5 Å². The zero-order chi connectivity index (χ0) is 17.2. The van der Waals surface area contributed by atoms with E-state index in [0.717, 1.165) is 38.6 Å². The molecule has 2 N–H and O–H groups in total. The maximum Gasteiger partial charge on any atom is 0.252 e. The molecular formula is C17H28IN5O2. The van der Waals surface area contributed by atoms with Gasteiger partial charge in [0.25, 0.3) is 5.91 Å². The molecule has 2 heterocycles. The molecule has 1 unspecified atom stereocenters. The number of amides is 1. The van der Waals surface area contributed by atoms with Crippen LogP contribution in [0, 0.1) is 5.92 Å². The number of likely N-dealkylation sites (tertiary alicyclic amines) is 1. The van der Waals surface area contributed by atoms with Gasteiger partial charge in [0.2, 0.25) is 0 Å². The van der Waals surface area contributed by atoms with Crippen LogP contribution in [0.3, 0.4) is 0 Å². The predicted octanol–water partition coefficient (Wildman–Crippen LogP) is 1.36. The molecule has 0 saturated carbocycles. The van der Waals surface area contributed by atoms with Crippen LogP contribution < -0.4 is 10.6 Å². The molecular weight excluding hydrogens is 433 g/mol. The lowest BCUT2D eigenvalue weighted by atomic mass is 10.1. The van der Waals surface area contributed by atoms with E-state index >= 15 is 0 Å². The molecule has 0 aromatic carbocycles. The summed E-state index contributed by atoms with van der Waals surface area (Å²) >= 11 is 0. The number of methoxy groups -OCH3 is 1. The molecule has 1 aliphatic rings. The van der Waals surface area contributed by atoms with Gasteiger partial charge in [0.15, 0.2) is 5.96 Å². The molecule has 1 amide bonds. The Kier molecular flexibility index (Phi) is 10.4. The highest BCUT2D eigenvalue weighted by Gasteiger charge is 2.24. The summed E-state index contributed by atoms with van der Waals surface area (Å²) in [4.78, 5) is 22.8. The van der Waals surface area contributed by atoms with Crippen LogP contribution >= 0.6 is 24.0 Å². The van der Waals surface area contributed by atoms with E-state index in [9.17, 15) is 4.79 Å². The van der Waals surface area contributed by atoms with Gasteiger partial charge in [-0.3, -0.25) is 14.8 Å². The van der Waals surface area contributed by atoms with E-state index in [1.54, 1.807) is 31.6 Å². The number of rotatable bonds is 7. The summed E-state index contributed by atoms with van der Waals surface area (Å²) in [5, 5.41) is 6.18. The Morgan fingerprint density at radius 2 is 2.32 bits per heavy atom. The van der Waals surface area contributed by atoms with Crippen molar-refractivity contribution >= 4 is 35.8 Å². The summed E-state index contributed by atoms with van der Waals surface area (Å²) in [6.07, 6.45) is 4.33. The third-order valence-electron chi connectivity index (χ3n) is 3.91. The molecule has 1 aromatic heterocycles. The van der Waals surface area contributed by atoms with Gasteiger partial charge < -0.3 is 20.3 Å². The number of aromatic nitrogens is 1. The van der Waals surface area contributed by atoms with Crippen LogP contribution in [0.15, 0.2) is 29.5 Å². The number of carbonyl (C=O) groups is 1. The fourth-order valence-corrected chi connectivity index (χ4v) is 2.75. The lowest BCUT2D eigenvalue weighted by molar-refractivity contribution is 0.0954. The first-order valence-electron chi connectivity index (χ1n) is 8.45. The zero-order valence-electron chi connectivity index (χ0n) is 14.9. The van der Waals surface area contributed by atoms with Crippen molar-refractivity contribution in [3.8, 4) is 0 Å². The number of ether oxygens (including phenoxy) is 1. The summed E-state index contributed by atoms with van der Waals surface area (Å²) < 4.78 is 5.24. The Morgan fingerprint density at radius 1 is 1.48 bits per heavy atom. The van der Waals surface area contributed by atoms with E-state index in [2.05, 4.69) is 32.4 Å². The maximum absolute atomic E-state index is 11.9. The smallest absolute Gasteiger partial charge is 0.252 e. The van der Waals surface area contributed by atoms with Gasteiger partial charge in [-0.1, -0.05) is 0 Å². The molecule has 8 heteroatoms. The van der Waals surface area contributed by atoms with Crippen LogP contribution in [0.25, 0.3) is 0 Å². The summed E-state index contributed by atoms with van der Waals surface area (Å²) in [7, 11) is 1.74. The third kappa shape index (κ3) is 7.15. The van der Waals surface area contributed by atoms with Gasteiger partial charge in [0.1, 0.15) is 0 Å². The Morgan fingerprint density at radius 3 is 3.00 bits per heavy atom. The second-order valence-corrected chi connectivity index (χ2v) is 5.79. The second-order valence-electron chi connectivity index (χ2n) is 5.79. The first kappa shape index (κ1) is 21.6. The van der Waals surface area contributed by atoms with E-state index < -0.39 is 0 Å². The van der Waals surface area contributed by atoms with E-state index in [0.29, 0.717) is 24.6 Å². The molecule has 25 heavy (non-hydrogen) atoms. The fraction of sp³-hybridized carbons (Fsp3) is 0.588. The number of aliphatic imine (C=N–C) groups is 1. The normalized spacial score (nSPS) is 17.1. The molecule has 140 valence electrons. The van der Waals surface area contributed by atoms with Gasteiger partial charge in [0, 0.05) is 51.6 Å². The molecule has 2 rings (SSSR count). The van der Waals surface area contributed by atoms with Crippen LogP contribution in [-0.4, -0.2) is 68.2 Å². The van der Waals surface area contributed by atoms with E-state index in [4.69, 9.17) is 4.74 Å². The number of nitrogens with one attached hydrogen (secondary N) is 2. The number of hydrogen-bond acceptors (Lipinski definition) is 4. The molecule has 0 aliphatic carbocycles. The first-order valence-corrected chi connectivity index (χ1v) is 8.45. The minimum Gasteiger partial charge on any atom is -0.384 e. The molecule has 1 aromatic rings. The highest BCUT2D eigenvalue weighted by molar-refractivity contribution is 14.0. The van der Waals surface area contributed by atoms with Crippen LogP contribution in [0.5, 0.6) is 0 Å². The first-order chi connectivity index (χ1) is 11.7. The second kappa shape index (κ2) is 12.0. The zero-order valence-corrected chi connectivity index (χ0v) is 17.2. The maximum atomic E-state index is 11.9. The van der Waals surface area contributed by atoms with Crippen LogP contribution in [0.1, 0.15) is 23.7 Å². The third-order valence-corrected chi connectivity index (χ3v) is 3.91. The Balaban J connectivity index is 0.00000312. The van der Waals surface area contributed by atoms with Crippen molar-refractivity contribution < 1.29 is 9.53 Å². The van der Waals surface area contributed by atoms with Crippen LogP contribution in [-0.2, 0) is 4.74 Å². The fourth-order valence-electron chi connectivity index (χ4n) is 2.75. The van der Waals surface area contributed by atoms with Crippen LogP contribution in [0.2, 0.25) is 0 Å². The largest absolute Gasteiger partial charge is 0.384 e. The average Bonchev–Trinajstić information content (AvgIpc) is 3.07. The highest BCUT2D eigenvalue weighted by atomic mass is 127. The highest BCUT2D eigenvalue weighted by Crippen LogP contribution is 2.16. The van der Waals surface area contributed by atoms with Crippen molar-refractivity contribution in [3.05, 3.63) is 30.1 Å². The van der Waals surface area contributed by atoms with Crippen molar-refractivity contribution in [3.63, 3.8) is 0 Å². The van der Waals surface area contributed by atoms with E-state index in [-0.39, 0.29) is 29.9 Å². The minimum atomic E-state index is -0.121.